The van der Waals surface area contributed by atoms with Gasteiger partial charge < -0.3 is 0 Å². The van der Waals surface area contributed by atoms with Crippen LogP contribution in [-0.4, -0.2) is 14.8 Å². The Balaban J connectivity index is 1.85. The van der Waals surface area contributed by atoms with E-state index in [9.17, 15) is 5.26 Å². The van der Waals surface area contributed by atoms with Crippen LogP contribution in [0.2, 0.25) is 0 Å². The van der Waals surface area contributed by atoms with Gasteiger partial charge in [-0.3, -0.25) is 4.68 Å². The number of hydrogen-bond donors (Lipinski definition) is 0. The van der Waals surface area contributed by atoms with Crippen LogP contribution in [-0.2, 0) is 12.0 Å². The van der Waals surface area contributed by atoms with Crippen LogP contribution >= 0.6 is 0 Å². The van der Waals surface area contributed by atoms with E-state index in [1.807, 2.05) is 61.5 Å². The van der Waals surface area contributed by atoms with Crippen LogP contribution in [0.25, 0.3) is 0 Å². The van der Waals surface area contributed by atoms with Gasteiger partial charge in [-0.1, -0.05) is 49.1 Å². The molecule has 1 atom stereocenters. The zero-order valence-corrected chi connectivity index (χ0v) is 14.1. The Morgan fingerprint density at radius 1 is 1.00 bits per heavy atom. The molecule has 0 bridgehead atoms. The second kappa shape index (κ2) is 7.47. The van der Waals surface area contributed by atoms with E-state index in [0.29, 0.717) is 13.0 Å². The summed E-state index contributed by atoms with van der Waals surface area (Å²) < 4.78 is 1.70. The molecule has 0 N–H and O–H groups in total. The number of aromatic nitrogens is 3. The first-order valence-corrected chi connectivity index (χ1v) is 8.17. The van der Waals surface area contributed by atoms with Gasteiger partial charge in [0, 0.05) is 11.1 Å². The van der Waals surface area contributed by atoms with Gasteiger partial charge in [0.25, 0.3) is 0 Å². The molecule has 1 aromatic heterocycles. The summed E-state index contributed by atoms with van der Waals surface area (Å²) in [4.78, 5) is 3.96. The topological polar surface area (TPSA) is 54.5 Å². The zero-order valence-electron chi connectivity index (χ0n) is 14.1. The average molecular weight is 326 g/mol. The monoisotopic (exact) mass is 326 g/mol. The number of benzene rings is 2. The van der Waals surface area contributed by atoms with Gasteiger partial charge in [0.05, 0.1) is 12.6 Å². The normalized spacial score (nSPS) is 12.5. The lowest BCUT2D eigenvalue weighted by atomic mass is 9.79. The molecule has 2 aromatic carbocycles. The maximum Gasteiger partial charge on any atom is 0.137 e. The largest absolute Gasteiger partial charge is 0.251 e. The lowest BCUT2D eigenvalue weighted by Crippen LogP contribution is -2.29. The third kappa shape index (κ3) is 3.76. The standard InChI is InChI=1S/C21H18N4/c1-2-21(14-22,15-25-17-23-16-24-25)20-12-10-19(11-13-20)9-8-18-6-4-3-5-7-18/h3-7,10-13,16-17H,2,15H2,1H3. The number of rotatable bonds is 4. The molecular weight excluding hydrogens is 308 g/mol. The van der Waals surface area contributed by atoms with Gasteiger partial charge in [-0.15, -0.1) is 0 Å². The SMILES string of the molecule is CCC(C#N)(Cn1cncn1)c1ccc(C#Cc2ccccc2)cc1. The van der Waals surface area contributed by atoms with Crippen LogP contribution in [0, 0.1) is 23.2 Å². The van der Waals surface area contributed by atoms with E-state index in [1.54, 1.807) is 11.0 Å². The summed E-state index contributed by atoms with van der Waals surface area (Å²) in [5.74, 6) is 6.31. The molecule has 0 saturated heterocycles. The minimum Gasteiger partial charge on any atom is -0.251 e. The molecule has 3 aromatic rings. The van der Waals surface area contributed by atoms with Gasteiger partial charge >= 0.3 is 0 Å². The van der Waals surface area contributed by atoms with Crippen molar-refractivity contribution in [1.29, 1.82) is 5.26 Å². The molecule has 1 heterocycles. The third-order valence-electron chi connectivity index (χ3n) is 4.28. The smallest absolute Gasteiger partial charge is 0.137 e. The Hall–Kier alpha value is -3.37. The van der Waals surface area contributed by atoms with Crippen molar-refractivity contribution in [2.24, 2.45) is 0 Å². The highest BCUT2D eigenvalue weighted by atomic mass is 15.3. The Bertz CT molecular complexity index is 910. The molecule has 0 aliphatic rings. The maximum atomic E-state index is 9.81. The van der Waals surface area contributed by atoms with Crippen molar-refractivity contribution >= 4 is 0 Å². The lowest BCUT2D eigenvalue weighted by Gasteiger charge is -2.25. The molecular formula is C21H18N4. The summed E-state index contributed by atoms with van der Waals surface area (Å²) in [5.41, 5.74) is 2.26. The van der Waals surface area contributed by atoms with Crippen molar-refractivity contribution in [3.05, 3.63) is 83.9 Å². The van der Waals surface area contributed by atoms with E-state index in [-0.39, 0.29) is 0 Å². The molecule has 0 aliphatic heterocycles. The van der Waals surface area contributed by atoms with Gasteiger partial charge in [0.2, 0.25) is 0 Å². The summed E-state index contributed by atoms with van der Waals surface area (Å²) in [6, 6.07) is 20.3. The molecule has 1 unspecified atom stereocenters. The van der Waals surface area contributed by atoms with Crippen LogP contribution in [0.4, 0.5) is 0 Å². The molecule has 0 spiro atoms. The van der Waals surface area contributed by atoms with Crippen LogP contribution in [0.5, 0.6) is 0 Å². The minimum atomic E-state index is -0.626. The fraction of sp³-hybridized carbons (Fsp3) is 0.190. The van der Waals surface area contributed by atoms with Gasteiger partial charge in [-0.25, -0.2) is 4.98 Å². The van der Waals surface area contributed by atoms with E-state index in [0.717, 1.165) is 16.7 Å². The van der Waals surface area contributed by atoms with Crippen molar-refractivity contribution < 1.29 is 0 Å². The van der Waals surface area contributed by atoms with Crippen molar-refractivity contribution in [2.75, 3.05) is 0 Å². The highest BCUT2D eigenvalue weighted by Gasteiger charge is 2.31. The lowest BCUT2D eigenvalue weighted by molar-refractivity contribution is 0.416. The molecule has 0 fully saturated rings. The molecule has 0 aliphatic carbocycles. The highest BCUT2D eigenvalue weighted by Crippen LogP contribution is 2.29. The van der Waals surface area contributed by atoms with Crippen molar-refractivity contribution in [2.45, 2.75) is 25.3 Å². The van der Waals surface area contributed by atoms with Crippen LogP contribution < -0.4 is 0 Å². The van der Waals surface area contributed by atoms with E-state index in [4.69, 9.17) is 0 Å². The summed E-state index contributed by atoms with van der Waals surface area (Å²) in [5, 5.41) is 13.9. The quantitative estimate of drug-likeness (QED) is 0.689. The van der Waals surface area contributed by atoms with E-state index in [1.165, 1.54) is 6.33 Å². The Labute approximate surface area is 147 Å². The van der Waals surface area contributed by atoms with E-state index >= 15 is 0 Å². The fourth-order valence-electron chi connectivity index (χ4n) is 2.72. The Morgan fingerprint density at radius 3 is 2.24 bits per heavy atom. The molecule has 0 saturated carbocycles. The zero-order chi connectivity index (χ0) is 17.5. The van der Waals surface area contributed by atoms with Crippen LogP contribution in [0.3, 0.4) is 0 Å². The third-order valence-corrected chi connectivity index (χ3v) is 4.28. The molecule has 4 nitrogen and oxygen atoms in total. The van der Waals surface area contributed by atoms with Gasteiger partial charge in [0.1, 0.15) is 18.1 Å². The minimum absolute atomic E-state index is 0.481. The second-order valence-electron chi connectivity index (χ2n) is 5.83. The first-order chi connectivity index (χ1) is 12.3. The highest BCUT2D eigenvalue weighted by molar-refractivity contribution is 5.45. The first kappa shape index (κ1) is 16.5. The summed E-state index contributed by atoms with van der Waals surface area (Å²) in [6.07, 6.45) is 3.82. The number of nitriles is 1. The van der Waals surface area contributed by atoms with Crippen LogP contribution in [0.15, 0.2) is 67.3 Å². The van der Waals surface area contributed by atoms with Gasteiger partial charge in [-0.05, 0) is 36.2 Å². The molecule has 122 valence electrons. The fourth-order valence-corrected chi connectivity index (χ4v) is 2.72. The van der Waals surface area contributed by atoms with Gasteiger partial charge in [-0.2, -0.15) is 10.4 Å². The van der Waals surface area contributed by atoms with Gasteiger partial charge in [0.15, 0.2) is 0 Å². The van der Waals surface area contributed by atoms with Crippen molar-refractivity contribution in [3.63, 3.8) is 0 Å². The van der Waals surface area contributed by atoms with E-state index < -0.39 is 5.41 Å². The summed E-state index contributed by atoms with van der Waals surface area (Å²) in [7, 11) is 0. The molecule has 4 heteroatoms. The molecule has 0 amide bonds. The number of hydrogen-bond acceptors (Lipinski definition) is 3. The molecule has 3 rings (SSSR count). The number of nitrogens with zero attached hydrogens (tertiary/aromatic N) is 4. The molecule has 0 radical (unpaired) electrons. The second-order valence-corrected chi connectivity index (χ2v) is 5.83. The predicted octanol–water partition coefficient (Wildman–Crippen LogP) is 3.55. The maximum absolute atomic E-state index is 9.81. The Morgan fingerprint density at radius 2 is 1.68 bits per heavy atom. The van der Waals surface area contributed by atoms with Crippen molar-refractivity contribution in [1.82, 2.24) is 14.8 Å². The average Bonchev–Trinajstić information content (AvgIpc) is 3.19. The van der Waals surface area contributed by atoms with Crippen LogP contribution in [0.1, 0.15) is 30.0 Å². The van der Waals surface area contributed by atoms with E-state index in [2.05, 4.69) is 28.0 Å². The predicted molar refractivity (Wildman–Crippen MR) is 96.5 cm³/mol. The summed E-state index contributed by atoms with van der Waals surface area (Å²) >= 11 is 0. The van der Waals surface area contributed by atoms with Crippen molar-refractivity contribution in [3.8, 4) is 17.9 Å². The Kier molecular flexibility index (Phi) is 4.92. The summed E-state index contributed by atoms with van der Waals surface area (Å²) in [6.45, 7) is 2.50. The molecule has 25 heavy (non-hydrogen) atoms. The first-order valence-electron chi connectivity index (χ1n) is 8.17.